The molecule has 0 aliphatic rings. The number of anilines is 1. The van der Waals surface area contributed by atoms with E-state index in [1.54, 1.807) is 25.4 Å². The van der Waals surface area contributed by atoms with E-state index in [1.807, 2.05) is 48.5 Å². The first-order chi connectivity index (χ1) is 11.2. The zero-order valence-electron chi connectivity index (χ0n) is 12.9. The molecule has 0 bridgehead atoms. The number of benzene rings is 2. The Morgan fingerprint density at radius 3 is 2.52 bits per heavy atom. The van der Waals surface area contributed by atoms with Crippen LogP contribution in [0.3, 0.4) is 0 Å². The summed E-state index contributed by atoms with van der Waals surface area (Å²) in [4.78, 5) is 4.44. The van der Waals surface area contributed by atoms with Gasteiger partial charge in [0, 0.05) is 12.1 Å². The monoisotopic (exact) mass is 306 g/mol. The van der Waals surface area contributed by atoms with Crippen LogP contribution in [0.1, 0.15) is 5.56 Å². The van der Waals surface area contributed by atoms with E-state index in [9.17, 15) is 5.11 Å². The number of nitrogens with zero attached hydrogens (tertiary/aromatic N) is 1. The SMILES string of the molecule is COc1ccc(CNc2ccc(-c3cccc(O)c3)nc2)cc1. The predicted molar refractivity (Wildman–Crippen MR) is 91.7 cm³/mol. The third-order valence-electron chi connectivity index (χ3n) is 3.56. The average molecular weight is 306 g/mol. The number of rotatable bonds is 5. The number of phenols is 1. The van der Waals surface area contributed by atoms with Gasteiger partial charge in [0.25, 0.3) is 0 Å². The van der Waals surface area contributed by atoms with Crippen LogP contribution in [0.5, 0.6) is 11.5 Å². The molecule has 0 aliphatic carbocycles. The molecule has 0 saturated heterocycles. The van der Waals surface area contributed by atoms with Crippen molar-refractivity contribution in [2.75, 3.05) is 12.4 Å². The van der Waals surface area contributed by atoms with Gasteiger partial charge in [0.05, 0.1) is 24.7 Å². The maximum absolute atomic E-state index is 9.53. The van der Waals surface area contributed by atoms with Gasteiger partial charge in [-0.1, -0.05) is 24.3 Å². The molecule has 0 fully saturated rings. The highest BCUT2D eigenvalue weighted by Gasteiger charge is 2.01. The van der Waals surface area contributed by atoms with Gasteiger partial charge in [-0.15, -0.1) is 0 Å². The smallest absolute Gasteiger partial charge is 0.118 e. The molecule has 4 heteroatoms. The standard InChI is InChI=1S/C19H18N2O2/c1-23-18-8-5-14(6-9-18)12-20-16-7-10-19(21-13-16)15-3-2-4-17(22)11-15/h2-11,13,20,22H,12H2,1H3. The number of aromatic hydroxyl groups is 1. The number of phenolic OH excluding ortho intramolecular Hbond substituents is 1. The van der Waals surface area contributed by atoms with Crippen molar-refractivity contribution in [2.24, 2.45) is 0 Å². The Morgan fingerprint density at radius 1 is 1.04 bits per heavy atom. The van der Waals surface area contributed by atoms with E-state index >= 15 is 0 Å². The van der Waals surface area contributed by atoms with Crippen LogP contribution in [0, 0.1) is 0 Å². The van der Waals surface area contributed by atoms with Crippen LogP contribution in [0.25, 0.3) is 11.3 Å². The number of pyridine rings is 1. The number of nitrogens with one attached hydrogen (secondary N) is 1. The number of aromatic nitrogens is 1. The second kappa shape index (κ2) is 6.83. The minimum atomic E-state index is 0.242. The van der Waals surface area contributed by atoms with Crippen molar-refractivity contribution < 1.29 is 9.84 Å². The molecular weight excluding hydrogens is 288 g/mol. The van der Waals surface area contributed by atoms with Crippen LogP contribution < -0.4 is 10.1 Å². The molecule has 0 radical (unpaired) electrons. The van der Waals surface area contributed by atoms with Gasteiger partial charge in [-0.3, -0.25) is 4.98 Å². The molecule has 1 aromatic heterocycles. The minimum absolute atomic E-state index is 0.242. The molecule has 2 aromatic carbocycles. The quantitative estimate of drug-likeness (QED) is 0.746. The van der Waals surface area contributed by atoms with Crippen molar-refractivity contribution in [3.05, 3.63) is 72.4 Å². The van der Waals surface area contributed by atoms with E-state index in [4.69, 9.17) is 4.74 Å². The molecule has 3 rings (SSSR count). The Bertz CT molecular complexity index is 768. The van der Waals surface area contributed by atoms with Gasteiger partial charge in [-0.25, -0.2) is 0 Å². The molecule has 4 nitrogen and oxygen atoms in total. The average Bonchev–Trinajstić information content (AvgIpc) is 2.61. The summed E-state index contributed by atoms with van der Waals surface area (Å²) >= 11 is 0. The van der Waals surface area contributed by atoms with E-state index in [1.165, 1.54) is 5.56 Å². The number of hydrogen-bond acceptors (Lipinski definition) is 4. The summed E-state index contributed by atoms with van der Waals surface area (Å²) in [7, 11) is 1.66. The van der Waals surface area contributed by atoms with Gasteiger partial charge < -0.3 is 15.2 Å². The highest BCUT2D eigenvalue weighted by atomic mass is 16.5. The third-order valence-corrected chi connectivity index (χ3v) is 3.56. The van der Waals surface area contributed by atoms with Gasteiger partial charge in [-0.05, 0) is 42.0 Å². The summed E-state index contributed by atoms with van der Waals surface area (Å²) in [6.45, 7) is 0.719. The lowest BCUT2D eigenvalue weighted by atomic mass is 10.1. The predicted octanol–water partition coefficient (Wildman–Crippen LogP) is 4.07. The van der Waals surface area contributed by atoms with Crippen molar-refractivity contribution in [1.82, 2.24) is 4.98 Å². The zero-order valence-corrected chi connectivity index (χ0v) is 12.9. The molecule has 0 atom stereocenters. The van der Waals surface area contributed by atoms with Crippen LogP contribution in [0.15, 0.2) is 66.9 Å². The van der Waals surface area contributed by atoms with E-state index in [0.29, 0.717) is 0 Å². The van der Waals surface area contributed by atoms with Crippen molar-refractivity contribution in [1.29, 1.82) is 0 Å². The largest absolute Gasteiger partial charge is 0.508 e. The second-order valence-corrected chi connectivity index (χ2v) is 5.18. The highest BCUT2D eigenvalue weighted by molar-refractivity contribution is 5.62. The molecule has 0 unspecified atom stereocenters. The van der Waals surface area contributed by atoms with Crippen LogP contribution in [-0.2, 0) is 6.54 Å². The van der Waals surface area contributed by atoms with Crippen LogP contribution in [-0.4, -0.2) is 17.2 Å². The molecule has 0 spiro atoms. The molecule has 0 aliphatic heterocycles. The lowest BCUT2D eigenvalue weighted by Gasteiger charge is -2.08. The molecule has 116 valence electrons. The maximum Gasteiger partial charge on any atom is 0.118 e. The van der Waals surface area contributed by atoms with Gasteiger partial charge in [0.1, 0.15) is 11.5 Å². The Kier molecular flexibility index (Phi) is 4.43. The summed E-state index contributed by atoms with van der Waals surface area (Å²) in [6, 6.07) is 18.9. The minimum Gasteiger partial charge on any atom is -0.508 e. The third kappa shape index (κ3) is 3.80. The molecule has 0 saturated carbocycles. The van der Waals surface area contributed by atoms with E-state index in [0.717, 1.165) is 29.2 Å². The summed E-state index contributed by atoms with van der Waals surface area (Å²) in [5.74, 6) is 1.09. The summed E-state index contributed by atoms with van der Waals surface area (Å²) < 4.78 is 5.15. The lowest BCUT2D eigenvalue weighted by molar-refractivity contribution is 0.414. The molecule has 2 N–H and O–H groups in total. The first-order valence-corrected chi connectivity index (χ1v) is 7.37. The normalized spacial score (nSPS) is 10.3. The van der Waals surface area contributed by atoms with Crippen LogP contribution in [0.2, 0.25) is 0 Å². The Balaban J connectivity index is 1.65. The Labute approximate surface area is 135 Å². The number of methoxy groups -OCH3 is 1. The fourth-order valence-corrected chi connectivity index (χ4v) is 2.28. The second-order valence-electron chi connectivity index (χ2n) is 5.18. The van der Waals surface area contributed by atoms with E-state index < -0.39 is 0 Å². The maximum atomic E-state index is 9.53. The van der Waals surface area contributed by atoms with E-state index in [2.05, 4.69) is 10.3 Å². The first kappa shape index (κ1) is 14.9. The Morgan fingerprint density at radius 2 is 1.87 bits per heavy atom. The topological polar surface area (TPSA) is 54.4 Å². The van der Waals surface area contributed by atoms with Crippen molar-refractivity contribution in [3.63, 3.8) is 0 Å². The number of ether oxygens (including phenoxy) is 1. The summed E-state index contributed by atoms with van der Waals surface area (Å²) in [5.41, 5.74) is 3.84. The highest BCUT2D eigenvalue weighted by Crippen LogP contribution is 2.22. The fourth-order valence-electron chi connectivity index (χ4n) is 2.28. The molecule has 0 amide bonds. The lowest BCUT2D eigenvalue weighted by Crippen LogP contribution is -1.99. The molecule has 1 heterocycles. The van der Waals surface area contributed by atoms with E-state index in [-0.39, 0.29) is 5.75 Å². The van der Waals surface area contributed by atoms with Gasteiger partial charge in [-0.2, -0.15) is 0 Å². The van der Waals surface area contributed by atoms with Gasteiger partial charge in [0.15, 0.2) is 0 Å². The Hall–Kier alpha value is -3.01. The van der Waals surface area contributed by atoms with Crippen LogP contribution >= 0.6 is 0 Å². The summed E-state index contributed by atoms with van der Waals surface area (Å²) in [5, 5.41) is 12.9. The van der Waals surface area contributed by atoms with Crippen LogP contribution in [0.4, 0.5) is 5.69 Å². The van der Waals surface area contributed by atoms with Crippen molar-refractivity contribution in [3.8, 4) is 22.8 Å². The molecule has 23 heavy (non-hydrogen) atoms. The fraction of sp³-hybridized carbons (Fsp3) is 0.105. The molecular formula is C19H18N2O2. The van der Waals surface area contributed by atoms with Crippen molar-refractivity contribution >= 4 is 5.69 Å². The zero-order chi connectivity index (χ0) is 16.1. The van der Waals surface area contributed by atoms with Crippen molar-refractivity contribution in [2.45, 2.75) is 6.54 Å². The molecule has 3 aromatic rings. The van der Waals surface area contributed by atoms with Gasteiger partial charge in [0.2, 0.25) is 0 Å². The first-order valence-electron chi connectivity index (χ1n) is 7.37. The number of hydrogen-bond donors (Lipinski definition) is 2. The summed E-state index contributed by atoms with van der Waals surface area (Å²) in [6.07, 6.45) is 1.79. The van der Waals surface area contributed by atoms with Gasteiger partial charge >= 0.3 is 0 Å².